The number of anilines is 1. The number of hydrogen-bond acceptors (Lipinski definition) is 8. The molecule has 2 amide bonds. The number of rotatable bonds is 5. The van der Waals surface area contributed by atoms with Gasteiger partial charge in [-0.3, -0.25) is 29.8 Å². The van der Waals surface area contributed by atoms with Crippen molar-refractivity contribution in [2.75, 3.05) is 5.32 Å². The molecule has 1 atom stereocenters. The summed E-state index contributed by atoms with van der Waals surface area (Å²) in [5, 5.41) is 23.1. The van der Waals surface area contributed by atoms with Gasteiger partial charge in [0.15, 0.2) is 5.17 Å². The summed E-state index contributed by atoms with van der Waals surface area (Å²) in [6.45, 7) is 0. The molecule has 3 N–H and O–H groups in total. The molecule has 0 saturated heterocycles. The molecule has 1 aromatic rings. The van der Waals surface area contributed by atoms with Gasteiger partial charge in [-0.1, -0.05) is 11.8 Å². The maximum Gasteiger partial charge on any atom is 0.299 e. The van der Waals surface area contributed by atoms with Gasteiger partial charge in [-0.2, -0.15) is 4.99 Å². The van der Waals surface area contributed by atoms with E-state index >= 15 is 0 Å². The summed E-state index contributed by atoms with van der Waals surface area (Å²) in [6.07, 6.45) is -0.276. The second kappa shape index (κ2) is 6.39. The van der Waals surface area contributed by atoms with Crippen LogP contribution in [-0.4, -0.2) is 32.1 Å². The third-order valence-electron chi connectivity index (χ3n) is 2.79. The smallest absolute Gasteiger partial charge is 0.299 e. The van der Waals surface area contributed by atoms with E-state index in [1.165, 1.54) is 0 Å². The van der Waals surface area contributed by atoms with Gasteiger partial charge < -0.3 is 11.1 Å². The quantitative estimate of drug-likeness (QED) is 0.585. The molecule has 1 aliphatic heterocycles. The second-order valence-corrected chi connectivity index (χ2v) is 5.59. The topological polar surface area (TPSA) is 171 Å². The molecule has 0 radical (unpaired) electrons. The summed E-state index contributed by atoms with van der Waals surface area (Å²) in [5.41, 5.74) is 4.07. The first kappa shape index (κ1) is 16.4. The van der Waals surface area contributed by atoms with Crippen molar-refractivity contribution in [2.24, 2.45) is 10.7 Å². The first-order valence-corrected chi connectivity index (χ1v) is 6.93. The first-order chi connectivity index (χ1) is 10.8. The van der Waals surface area contributed by atoms with Crippen LogP contribution in [0, 0.1) is 20.2 Å². The van der Waals surface area contributed by atoms with Crippen molar-refractivity contribution in [3.63, 3.8) is 0 Å². The number of benzene rings is 1. The van der Waals surface area contributed by atoms with Crippen LogP contribution in [0.5, 0.6) is 0 Å². The fourth-order valence-electron chi connectivity index (χ4n) is 1.79. The molecule has 0 aliphatic carbocycles. The highest BCUT2D eigenvalue weighted by atomic mass is 32.2. The van der Waals surface area contributed by atoms with E-state index < -0.39 is 38.3 Å². The van der Waals surface area contributed by atoms with Crippen molar-refractivity contribution in [1.82, 2.24) is 0 Å². The first-order valence-electron chi connectivity index (χ1n) is 6.05. The predicted molar refractivity (Wildman–Crippen MR) is 81.0 cm³/mol. The Hall–Kier alpha value is -3.02. The minimum absolute atomic E-state index is 0.0501. The third-order valence-corrected chi connectivity index (χ3v) is 3.78. The number of amides is 2. The summed E-state index contributed by atoms with van der Waals surface area (Å²) in [7, 11) is 0. The Morgan fingerprint density at radius 1 is 1.35 bits per heavy atom. The maximum absolute atomic E-state index is 11.9. The molecule has 12 heteroatoms. The van der Waals surface area contributed by atoms with E-state index in [0.29, 0.717) is 0 Å². The van der Waals surface area contributed by atoms with Crippen molar-refractivity contribution < 1.29 is 19.4 Å². The van der Waals surface area contributed by atoms with Crippen LogP contribution in [0.1, 0.15) is 6.42 Å². The second-order valence-electron chi connectivity index (χ2n) is 4.36. The third kappa shape index (κ3) is 3.79. The number of thioether (sulfide) groups is 1. The van der Waals surface area contributed by atoms with Gasteiger partial charge in [0.05, 0.1) is 15.9 Å². The van der Waals surface area contributed by atoms with Crippen LogP contribution < -0.4 is 11.1 Å². The van der Waals surface area contributed by atoms with Crippen molar-refractivity contribution in [2.45, 2.75) is 11.7 Å². The van der Waals surface area contributed by atoms with E-state index in [-0.39, 0.29) is 17.3 Å². The Kier molecular flexibility index (Phi) is 4.55. The number of nitrogens with zero attached hydrogens (tertiary/aromatic N) is 3. The molecule has 0 unspecified atom stereocenters. The van der Waals surface area contributed by atoms with Crippen LogP contribution in [0.4, 0.5) is 17.1 Å². The molecule has 23 heavy (non-hydrogen) atoms. The van der Waals surface area contributed by atoms with Gasteiger partial charge in [0, 0.05) is 12.5 Å². The van der Waals surface area contributed by atoms with Gasteiger partial charge in [-0.05, 0) is 6.07 Å². The van der Waals surface area contributed by atoms with Crippen molar-refractivity contribution in [1.29, 1.82) is 0 Å². The molecule has 0 bridgehead atoms. The number of nitro benzene ring substituents is 2. The lowest BCUT2D eigenvalue weighted by Crippen LogP contribution is -2.22. The molecule has 0 fully saturated rings. The number of nitro groups is 2. The van der Waals surface area contributed by atoms with Crippen molar-refractivity contribution >= 4 is 45.8 Å². The molecule has 2 rings (SSSR count). The van der Waals surface area contributed by atoms with Gasteiger partial charge >= 0.3 is 0 Å². The number of carbonyl (C=O) groups is 2. The van der Waals surface area contributed by atoms with Gasteiger partial charge in [0.25, 0.3) is 17.3 Å². The van der Waals surface area contributed by atoms with Gasteiger partial charge in [0.1, 0.15) is 10.9 Å². The highest BCUT2D eigenvalue weighted by molar-refractivity contribution is 8.15. The summed E-state index contributed by atoms with van der Waals surface area (Å²) >= 11 is 0.924. The number of nitrogens with two attached hydrogens (primary N) is 1. The van der Waals surface area contributed by atoms with E-state index in [1.54, 1.807) is 0 Å². The highest BCUT2D eigenvalue weighted by Gasteiger charge is 2.30. The molecule has 1 aliphatic rings. The number of non-ortho nitro benzene ring substituents is 1. The molecule has 120 valence electrons. The van der Waals surface area contributed by atoms with Gasteiger partial charge in [0.2, 0.25) is 5.91 Å². The number of carbonyl (C=O) groups excluding carboxylic acids is 2. The minimum atomic E-state index is -0.848. The highest BCUT2D eigenvalue weighted by Crippen LogP contribution is 2.30. The van der Waals surface area contributed by atoms with Crippen molar-refractivity contribution in [3.05, 3.63) is 38.4 Å². The Bertz CT molecular complexity index is 748. The minimum Gasteiger partial charge on any atom is -0.378 e. The summed E-state index contributed by atoms with van der Waals surface area (Å²) in [4.78, 5) is 46.7. The zero-order valence-electron chi connectivity index (χ0n) is 11.3. The van der Waals surface area contributed by atoms with E-state index in [2.05, 4.69) is 10.3 Å². The molecular weight excluding hydrogens is 330 g/mol. The fraction of sp³-hybridized carbons (Fsp3) is 0.182. The standard InChI is InChI=1S/C11H9N5O6S/c12-11-14-10(18)8(23-11)4-9(17)13-6-2-1-5(15(19)20)3-7(6)16(21)22/h1-3,8H,4H2,(H,13,17)(H2,12,14,18)/t8-/m1/s1. The lowest BCUT2D eigenvalue weighted by Gasteiger charge is -2.08. The zero-order valence-corrected chi connectivity index (χ0v) is 12.1. The number of nitrogens with one attached hydrogen (secondary N) is 1. The van der Waals surface area contributed by atoms with Crippen LogP contribution >= 0.6 is 11.8 Å². The van der Waals surface area contributed by atoms with Crippen LogP contribution in [0.25, 0.3) is 0 Å². The average molecular weight is 339 g/mol. The van der Waals surface area contributed by atoms with E-state index in [4.69, 9.17) is 5.73 Å². The monoisotopic (exact) mass is 339 g/mol. The SMILES string of the molecule is NC1=NC(=O)[C@@H](CC(=O)Nc2ccc([N+](=O)[O-])cc2[N+](=O)[O-])S1. The predicted octanol–water partition coefficient (Wildman–Crippen LogP) is 0.788. The molecule has 11 nitrogen and oxygen atoms in total. The van der Waals surface area contributed by atoms with Gasteiger partial charge in [-0.25, -0.2) is 0 Å². The Labute approximate surface area is 132 Å². The van der Waals surface area contributed by atoms with Crippen LogP contribution in [0.15, 0.2) is 23.2 Å². The molecule has 0 spiro atoms. The normalized spacial score (nSPS) is 16.8. The lowest BCUT2D eigenvalue weighted by atomic mass is 10.2. The van der Waals surface area contributed by atoms with Crippen molar-refractivity contribution in [3.8, 4) is 0 Å². The van der Waals surface area contributed by atoms with E-state index in [9.17, 15) is 29.8 Å². The summed E-state index contributed by atoms with van der Waals surface area (Å²) in [6, 6.07) is 2.83. The molecule has 1 heterocycles. The van der Waals surface area contributed by atoms with Crippen LogP contribution in [-0.2, 0) is 9.59 Å². The maximum atomic E-state index is 11.9. The summed E-state index contributed by atoms with van der Waals surface area (Å²) in [5.74, 6) is -1.22. The Balaban J connectivity index is 2.13. The fourth-order valence-corrected chi connectivity index (χ4v) is 2.61. The van der Waals surface area contributed by atoms with E-state index in [1.807, 2.05) is 0 Å². The van der Waals surface area contributed by atoms with Crippen LogP contribution in [0.2, 0.25) is 0 Å². The Morgan fingerprint density at radius 2 is 2.04 bits per heavy atom. The summed E-state index contributed by atoms with van der Waals surface area (Å²) < 4.78 is 0. The average Bonchev–Trinajstić information content (AvgIpc) is 2.76. The lowest BCUT2D eigenvalue weighted by molar-refractivity contribution is -0.393. The molecule has 0 saturated carbocycles. The van der Waals surface area contributed by atoms with E-state index in [0.717, 1.165) is 30.0 Å². The van der Waals surface area contributed by atoms with Gasteiger partial charge in [-0.15, -0.1) is 0 Å². The number of hydrogen-bond donors (Lipinski definition) is 2. The molecule has 0 aromatic heterocycles. The molecular formula is C11H9N5O6S. The molecule has 1 aromatic carbocycles. The zero-order chi connectivity index (χ0) is 17.1. The largest absolute Gasteiger partial charge is 0.378 e. The number of amidine groups is 1. The Morgan fingerprint density at radius 3 is 2.57 bits per heavy atom. The number of aliphatic imine (C=N–C) groups is 1. The van der Waals surface area contributed by atoms with Crippen LogP contribution in [0.3, 0.4) is 0 Å².